The van der Waals surface area contributed by atoms with Crippen molar-refractivity contribution >= 4 is 17.1 Å². The maximum absolute atomic E-state index is 15.8. The maximum atomic E-state index is 15.8. The number of benzene rings is 4. The van der Waals surface area contributed by atoms with Gasteiger partial charge in [0.15, 0.2) is 0 Å². The van der Waals surface area contributed by atoms with E-state index in [9.17, 15) is 0 Å². The van der Waals surface area contributed by atoms with Gasteiger partial charge in [0, 0.05) is 70.2 Å². The fourth-order valence-corrected chi connectivity index (χ4v) is 8.18. The zero-order valence-electron chi connectivity index (χ0n) is 34.3. The lowest BCUT2D eigenvalue weighted by atomic mass is 9.83. The molecule has 0 bridgehead atoms. The van der Waals surface area contributed by atoms with Crippen LogP contribution in [0.25, 0.3) is 33.5 Å². The molecule has 6 aromatic rings. The lowest BCUT2D eigenvalue weighted by Crippen LogP contribution is -2.23. The van der Waals surface area contributed by atoms with Crippen LogP contribution in [0.3, 0.4) is 0 Å². The van der Waals surface area contributed by atoms with Gasteiger partial charge in [0.2, 0.25) is 0 Å². The molecule has 1 aliphatic carbocycles. The number of aromatic nitrogens is 2. The van der Waals surface area contributed by atoms with Crippen molar-refractivity contribution in [3.63, 3.8) is 0 Å². The second-order valence-corrected chi connectivity index (χ2v) is 15.5. The Morgan fingerprint density at radius 3 is 2.27 bits per heavy atom. The van der Waals surface area contributed by atoms with Gasteiger partial charge in [0.1, 0.15) is 5.69 Å². The van der Waals surface area contributed by atoms with Crippen molar-refractivity contribution in [2.24, 2.45) is 5.92 Å². The second-order valence-electron chi connectivity index (χ2n) is 15.5. The first-order valence-electron chi connectivity index (χ1n) is 20.1. The van der Waals surface area contributed by atoms with Crippen LogP contribution in [0.15, 0.2) is 169 Å². The van der Waals surface area contributed by atoms with Crippen molar-refractivity contribution < 1.29 is 13.2 Å². The fraction of sp³-hybridized carbons (Fsp3) is 0.170. The molecule has 2 aromatic heterocycles. The van der Waals surface area contributed by atoms with Crippen LogP contribution in [0.1, 0.15) is 54.4 Å². The number of nitrogens with zero attached hydrogens (tertiary/aromatic N) is 4. The molecule has 2 atom stereocenters. The summed E-state index contributed by atoms with van der Waals surface area (Å²) in [5, 5.41) is 0. The number of aryl methyl sites for hydroxylation is 2. The highest BCUT2D eigenvalue weighted by Gasteiger charge is 2.38. The van der Waals surface area contributed by atoms with E-state index in [1.165, 1.54) is 6.07 Å². The molecule has 2 unspecified atom stereocenters. The lowest BCUT2D eigenvalue weighted by Gasteiger charge is -2.33. The van der Waals surface area contributed by atoms with E-state index in [2.05, 4.69) is 30.6 Å². The maximum Gasteiger partial charge on any atom is 0.418 e. The molecule has 7 heteroatoms. The summed E-state index contributed by atoms with van der Waals surface area (Å²) in [7, 11) is 1.84. The Labute approximate surface area is 350 Å². The van der Waals surface area contributed by atoms with Gasteiger partial charge in [0.05, 0.1) is 16.9 Å². The number of hydrogen-bond donors (Lipinski definition) is 0. The Balaban J connectivity index is 1.32. The van der Waals surface area contributed by atoms with Crippen LogP contribution in [0.4, 0.5) is 30.2 Å². The minimum absolute atomic E-state index is 0.0385. The first-order valence-corrected chi connectivity index (χ1v) is 20.1. The topological polar surface area (TPSA) is 32.3 Å². The van der Waals surface area contributed by atoms with Crippen LogP contribution >= 0.6 is 0 Å². The Morgan fingerprint density at radius 2 is 1.52 bits per heavy atom. The average Bonchev–Trinajstić information content (AvgIpc) is 3.37. The Bertz CT molecular complexity index is 2780. The average molecular weight is 795 g/mol. The number of halogens is 3. The van der Waals surface area contributed by atoms with E-state index < -0.39 is 11.7 Å². The summed E-state index contributed by atoms with van der Waals surface area (Å²) in [6.07, 6.45) is 3.59. The minimum atomic E-state index is -4.70. The van der Waals surface area contributed by atoms with Crippen molar-refractivity contribution in [3.8, 4) is 45.4 Å². The van der Waals surface area contributed by atoms with E-state index in [0.29, 0.717) is 29.1 Å². The quantitative estimate of drug-likeness (QED) is 0.151. The molecule has 3 heterocycles. The highest BCUT2D eigenvalue weighted by Crippen LogP contribution is 2.49. The zero-order chi connectivity index (χ0) is 42.1. The summed E-state index contributed by atoms with van der Waals surface area (Å²) in [6, 6.07) is 38.5. The van der Waals surface area contributed by atoms with Gasteiger partial charge in [0.25, 0.3) is 0 Å². The summed E-state index contributed by atoms with van der Waals surface area (Å²) < 4.78 is 47.3. The minimum Gasteiger partial charge on any atom is -0.344 e. The van der Waals surface area contributed by atoms with E-state index in [0.717, 1.165) is 61.7 Å². The molecule has 0 fully saturated rings. The normalized spacial score (nSPS) is 16.3. The van der Waals surface area contributed by atoms with E-state index in [1.54, 1.807) is 24.1 Å². The number of anilines is 3. The predicted octanol–water partition coefficient (Wildman–Crippen LogP) is 13.8. The van der Waals surface area contributed by atoms with E-state index in [1.807, 2.05) is 148 Å². The summed E-state index contributed by atoms with van der Waals surface area (Å²) in [6.45, 7) is 12.2. The fourth-order valence-electron chi connectivity index (χ4n) is 8.18. The molecule has 298 valence electrons. The monoisotopic (exact) mass is 794 g/mol. The molecule has 0 saturated carbocycles. The number of pyridine rings is 2. The molecule has 0 saturated heterocycles. The van der Waals surface area contributed by atoms with Crippen molar-refractivity contribution in [3.05, 3.63) is 197 Å². The molecule has 8 rings (SSSR count). The van der Waals surface area contributed by atoms with Gasteiger partial charge < -0.3 is 9.80 Å². The molecule has 4 nitrogen and oxygen atoms in total. The van der Waals surface area contributed by atoms with Crippen LogP contribution in [-0.4, -0.2) is 17.0 Å². The highest BCUT2D eigenvalue weighted by atomic mass is 19.4. The van der Waals surface area contributed by atoms with Gasteiger partial charge in [-0.05, 0) is 110 Å². The number of hydrogen-bond acceptors (Lipinski definition) is 4. The Hall–Kier alpha value is -6.91. The standard InChI is InChI=1S/C53H45F3N4/c1-7-14-42-20-13-22-48(58-42)41-23-25-49(44(31-41)38-17-9-8-10-18-38)59(6)51-33-46(53(54,55)56)52(32-45(51)39-19-11-15-34(2)29-39)60-28-27-35(3)37(5)43-30-40(24-26-50(43)60)47-21-12-16-36(4)57-47/h8-13,15-29,31-33,35,40H,5,30H2,1-4,6H3. The first kappa shape index (κ1) is 39.9. The third-order valence-corrected chi connectivity index (χ3v) is 11.3. The Morgan fingerprint density at radius 1 is 0.767 bits per heavy atom. The van der Waals surface area contributed by atoms with Crippen LogP contribution < -0.4 is 9.80 Å². The van der Waals surface area contributed by atoms with Crippen molar-refractivity contribution in [1.29, 1.82) is 0 Å². The summed E-state index contributed by atoms with van der Waals surface area (Å²) >= 11 is 0. The molecular weight excluding hydrogens is 750 g/mol. The summed E-state index contributed by atoms with van der Waals surface area (Å²) in [5.74, 6) is 5.82. The number of alkyl halides is 3. The van der Waals surface area contributed by atoms with E-state index in [4.69, 9.17) is 9.97 Å². The summed E-state index contributed by atoms with van der Waals surface area (Å²) in [5.41, 5.74) is 11.3. The van der Waals surface area contributed by atoms with Crippen LogP contribution in [0.5, 0.6) is 0 Å². The smallest absolute Gasteiger partial charge is 0.344 e. The molecule has 0 N–H and O–H groups in total. The molecule has 4 aromatic carbocycles. The number of rotatable bonds is 7. The lowest BCUT2D eigenvalue weighted by molar-refractivity contribution is -0.137. The molecule has 0 amide bonds. The van der Waals surface area contributed by atoms with Gasteiger partial charge in [-0.25, -0.2) is 4.98 Å². The van der Waals surface area contributed by atoms with E-state index in [-0.39, 0.29) is 17.5 Å². The van der Waals surface area contributed by atoms with Gasteiger partial charge >= 0.3 is 6.18 Å². The zero-order valence-corrected chi connectivity index (χ0v) is 34.3. The summed E-state index contributed by atoms with van der Waals surface area (Å²) in [4.78, 5) is 13.2. The van der Waals surface area contributed by atoms with Gasteiger partial charge in [-0.15, -0.1) is 0 Å². The van der Waals surface area contributed by atoms with Crippen LogP contribution in [0.2, 0.25) is 0 Å². The molecule has 2 aliphatic rings. The molecule has 1 aliphatic heterocycles. The number of allylic oxidation sites excluding steroid dienone is 5. The SMILES string of the molecule is C=C1C2=C(C=CC(c3cccc(C)n3)C2)N(c2cc(-c3cccc(C)c3)c(N(C)c3ccc(-c4cccc(C#CC)n4)cc3-c3ccccc3)cc2C(F)(F)F)C=CC1C. The predicted molar refractivity (Wildman–Crippen MR) is 240 cm³/mol. The van der Waals surface area contributed by atoms with Gasteiger partial charge in [-0.2, -0.15) is 13.2 Å². The second kappa shape index (κ2) is 16.4. The largest absolute Gasteiger partial charge is 0.418 e. The third-order valence-electron chi connectivity index (χ3n) is 11.3. The van der Waals surface area contributed by atoms with Crippen molar-refractivity contribution in [2.75, 3.05) is 16.8 Å². The van der Waals surface area contributed by atoms with E-state index >= 15 is 13.2 Å². The molecule has 0 spiro atoms. The third kappa shape index (κ3) is 7.94. The molecule has 0 radical (unpaired) electrons. The molecular formula is C53H45F3N4. The van der Waals surface area contributed by atoms with Gasteiger partial charge in [-0.3, -0.25) is 4.98 Å². The Kier molecular flexibility index (Phi) is 10.9. The first-order chi connectivity index (χ1) is 28.9. The molecule has 60 heavy (non-hydrogen) atoms. The van der Waals surface area contributed by atoms with Crippen LogP contribution in [-0.2, 0) is 6.18 Å². The van der Waals surface area contributed by atoms with Crippen LogP contribution in [0, 0.1) is 31.6 Å². The van der Waals surface area contributed by atoms with Crippen molar-refractivity contribution in [2.45, 2.75) is 46.2 Å². The van der Waals surface area contributed by atoms with Gasteiger partial charge in [-0.1, -0.05) is 110 Å². The highest BCUT2D eigenvalue weighted by molar-refractivity contribution is 5.92. The van der Waals surface area contributed by atoms with Crippen molar-refractivity contribution in [1.82, 2.24) is 9.97 Å².